The van der Waals surface area contributed by atoms with Crippen molar-refractivity contribution in [1.82, 2.24) is 0 Å². The average molecular weight is 347 g/mol. The van der Waals surface area contributed by atoms with Gasteiger partial charge in [0, 0.05) is 17.7 Å². The molecule has 0 bridgehead atoms. The van der Waals surface area contributed by atoms with Crippen molar-refractivity contribution >= 4 is 11.6 Å². The predicted octanol–water partition coefficient (Wildman–Crippen LogP) is 5.42. The van der Waals surface area contributed by atoms with Gasteiger partial charge in [0.25, 0.3) is 0 Å². The van der Waals surface area contributed by atoms with Crippen LogP contribution in [0.3, 0.4) is 0 Å². The van der Waals surface area contributed by atoms with Gasteiger partial charge in [-0.05, 0) is 57.6 Å². The summed E-state index contributed by atoms with van der Waals surface area (Å²) in [6.07, 6.45) is 8.29. The second-order valence-electron chi connectivity index (χ2n) is 6.88. The Labute approximate surface area is 152 Å². The number of unbranched alkanes of at least 4 members (excludes halogenated alkanes) is 1. The van der Waals surface area contributed by atoms with Gasteiger partial charge in [0.1, 0.15) is 0 Å². The van der Waals surface area contributed by atoms with Gasteiger partial charge in [-0.3, -0.25) is 4.79 Å². The summed E-state index contributed by atoms with van der Waals surface area (Å²) in [5, 5.41) is 3.06. The fourth-order valence-electron chi connectivity index (χ4n) is 3.58. The van der Waals surface area contributed by atoms with Crippen molar-refractivity contribution in [3.05, 3.63) is 18.2 Å². The molecule has 0 saturated heterocycles. The van der Waals surface area contributed by atoms with E-state index in [1.807, 2.05) is 32.0 Å². The average Bonchev–Trinajstić information content (AvgIpc) is 2.63. The molecule has 0 atom stereocenters. The van der Waals surface area contributed by atoms with Gasteiger partial charge < -0.3 is 14.8 Å². The zero-order valence-corrected chi connectivity index (χ0v) is 16.0. The molecule has 4 heteroatoms. The van der Waals surface area contributed by atoms with Crippen molar-refractivity contribution in [3.8, 4) is 11.5 Å². The maximum atomic E-state index is 12.6. The van der Waals surface area contributed by atoms with Gasteiger partial charge >= 0.3 is 0 Å². The summed E-state index contributed by atoms with van der Waals surface area (Å²) in [7, 11) is 0. The first-order valence-corrected chi connectivity index (χ1v) is 9.88. The second kappa shape index (κ2) is 10.3. The number of hydrogen-bond donors (Lipinski definition) is 1. The van der Waals surface area contributed by atoms with Crippen LogP contribution in [0.1, 0.15) is 65.7 Å². The van der Waals surface area contributed by atoms with E-state index in [1.165, 1.54) is 32.1 Å². The topological polar surface area (TPSA) is 47.6 Å². The first kappa shape index (κ1) is 19.6. The van der Waals surface area contributed by atoms with E-state index in [2.05, 4.69) is 12.2 Å². The van der Waals surface area contributed by atoms with E-state index in [0.717, 1.165) is 30.2 Å². The minimum absolute atomic E-state index is 0.139. The van der Waals surface area contributed by atoms with Crippen LogP contribution in [0.25, 0.3) is 0 Å². The summed E-state index contributed by atoms with van der Waals surface area (Å²) in [6.45, 7) is 7.29. The van der Waals surface area contributed by atoms with Gasteiger partial charge in [0.2, 0.25) is 5.91 Å². The van der Waals surface area contributed by atoms with Crippen molar-refractivity contribution in [1.29, 1.82) is 0 Å². The van der Waals surface area contributed by atoms with Gasteiger partial charge in [-0.2, -0.15) is 0 Å². The summed E-state index contributed by atoms with van der Waals surface area (Å²) in [5.41, 5.74) is 0.782. The lowest BCUT2D eigenvalue weighted by atomic mass is 9.79. The molecule has 4 nitrogen and oxygen atoms in total. The number of anilines is 1. The van der Waals surface area contributed by atoms with Gasteiger partial charge in [-0.15, -0.1) is 0 Å². The third-order valence-corrected chi connectivity index (χ3v) is 4.99. The molecule has 0 aliphatic heterocycles. The third-order valence-electron chi connectivity index (χ3n) is 4.99. The molecular formula is C21H33NO3. The SMILES string of the molecule is CCCCC1CCC(C(=O)Nc2ccc(OCC)c(OCC)c2)CC1. The molecule has 1 N–H and O–H groups in total. The Bertz CT molecular complexity index is 536. The molecule has 0 aromatic heterocycles. The van der Waals surface area contributed by atoms with Crippen LogP contribution in [0.5, 0.6) is 11.5 Å². The smallest absolute Gasteiger partial charge is 0.227 e. The molecule has 1 amide bonds. The molecule has 1 aromatic rings. The zero-order valence-electron chi connectivity index (χ0n) is 16.0. The van der Waals surface area contributed by atoms with Crippen molar-refractivity contribution in [2.45, 2.75) is 65.7 Å². The number of hydrogen-bond acceptors (Lipinski definition) is 3. The summed E-state index contributed by atoms with van der Waals surface area (Å²) in [5.74, 6) is 2.50. The molecule has 1 saturated carbocycles. The van der Waals surface area contributed by atoms with Crippen molar-refractivity contribution < 1.29 is 14.3 Å². The summed E-state index contributed by atoms with van der Waals surface area (Å²) in [4.78, 5) is 12.6. The molecule has 1 aliphatic rings. The first-order valence-electron chi connectivity index (χ1n) is 9.88. The van der Waals surface area contributed by atoms with E-state index in [4.69, 9.17) is 9.47 Å². The first-order chi connectivity index (χ1) is 12.2. The fourth-order valence-corrected chi connectivity index (χ4v) is 3.58. The Kier molecular flexibility index (Phi) is 8.10. The minimum Gasteiger partial charge on any atom is -0.490 e. The lowest BCUT2D eigenvalue weighted by molar-refractivity contribution is -0.121. The van der Waals surface area contributed by atoms with Crippen LogP contribution in [0.15, 0.2) is 18.2 Å². The maximum Gasteiger partial charge on any atom is 0.227 e. The molecule has 1 aromatic carbocycles. The van der Waals surface area contributed by atoms with Crippen molar-refractivity contribution in [3.63, 3.8) is 0 Å². The van der Waals surface area contributed by atoms with Gasteiger partial charge in [-0.1, -0.05) is 26.2 Å². The number of carbonyl (C=O) groups excluding carboxylic acids is 1. The van der Waals surface area contributed by atoms with Gasteiger partial charge in [0.15, 0.2) is 11.5 Å². The molecule has 2 rings (SSSR count). The standard InChI is InChI=1S/C21H33NO3/c1-4-7-8-16-9-11-17(12-10-16)21(23)22-18-13-14-19(24-5-2)20(15-18)25-6-3/h13-17H,4-12H2,1-3H3,(H,22,23). The number of ether oxygens (including phenoxy) is 2. The highest BCUT2D eigenvalue weighted by atomic mass is 16.5. The largest absolute Gasteiger partial charge is 0.490 e. The third kappa shape index (κ3) is 5.94. The van der Waals surface area contributed by atoms with Gasteiger partial charge in [-0.25, -0.2) is 0 Å². The summed E-state index contributed by atoms with van der Waals surface area (Å²) in [6, 6.07) is 5.61. The Morgan fingerprint density at radius 2 is 1.72 bits per heavy atom. The summed E-state index contributed by atoms with van der Waals surface area (Å²) >= 11 is 0. The van der Waals surface area contributed by atoms with Crippen LogP contribution >= 0.6 is 0 Å². The highest BCUT2D eigenvalue weighted by Crippen LogP contribution is 2.34. The van der Waals surface area contributed by atoms with Crippen molar-refractivity contribution in [2.24, 2.45) is 11.8 Å². The molecule has 0 radical (unpaired) electrons. The number of nitrogens with one attached hydrogen (secondary N) is 1. The van der Waals surface area contributed by atoms with Crippen LogP contribution in [0.2, 0.25) is 0 Å². The molecule has 1 fully saturated rings. The highest BCUT2D eigenvalue weighted by molar-refractivity contribution is 5.92. The van der Waals surface area contributed by atoms with E-state index in [0.29, 0.717) is 19.0 Å². The summed E-state index contributed by atoms with van der Waals surface area (Å²) < 4.78 is 11.2. The van der Waals surface area contributed by atoms with Gasteiger partial charge in [0.05, 0.1) is 13.2 Å². The number of carbonyl (C=O) groups is 1. The molecule has 0 heterocycles. The molecule has 140 valence electrons. The number of amides is 1. The molecule has 25 heavy (non-hydrogen) atoms. The van der Waals surface area contributed by atoms with E-state index >= 15 is 0 Å². The Hall–Kier alpha value is -1.71. The maximum absolute atomic E-state index is 12.6. The van der Waals surface area contributed by atoms with E-state index in [1.54, 1.807) is 0 Å². The molecule has 0 spiro atoms. The fraction of sp³-hybridized carbons (Fsp3) is 0.667. The van der Waals surface area contributed by atoms with Crippen LogP contribution in [-0.4, -0.2) is 19.1 Å². The lowest BCUT2D eigenvalue weighted by Crippen LogP contribution is -2.27. The normalized spacial score (nSPS) is 20.1. The van der Waals surface area contributed by atoms with Crippen LogP contribution in [-0.2, 0) is 4.79 Å². The Morgan fingerprint density at radius 3 is 2.36 bits per heavy atom. The van der Waals surface area contributed by atoms with Crippen LogP contribution in [0, 0.1) is 11.8 Å². The molecule has 1 aliphatic carbocycles. The van der Waals surface area contributed by atoms with E-state index in [-0.39, 0.29) is 11.8 Å². The predicted molar refractivity (Wildman–Crippen MR) is 102 cm³/mol. The quantitative estimate of drug-likeness (QED) is 0.649. The Balaban J connectivity index is 1.91. The van der Waals surface area contributed by atoms with Crippen molar-refractivity contribution in [2.75, 3.05) is 18.5 Å². The van der Waals surface area contributed by atoms with Crippen LogP contribution in [0.4, 0.5) is 5.69 Å². The number of benzene rings is 1. The van der Waals surface area contributed by atoms with E-state index < -0.39 is 0 Å². The lowest BCUT2D eigenvalue weighted by Gasteiger charge is -2.27. The Morgan fingerprint density at radius 1 is 1.04 bits per heavy atom. The van der Waals surface area contributed by atoms with Crippen LogP contribution < -0.4 is 14.8 Å². The molecular weight excluding hydrogens is 314 g/mol. The molecule has 0 unspecified atom stereocenters. The zero-order chi connectivity index (χ0) is 18.1. The minimum atomic E-state index is 0.139. The highest BCUT2D eigenvalue weighted by Gasteiger charge is 2.26. The van der Waals surface area contributed by atoms with E-state index in [9.17, 15) is 4.79 Å². The second-order valence-corrected chi connectivity index (χ2v) is 6.88. The number of rotatable bonds is 9. The monoisotopic (exact) mass is 347 g/mol.